The predicted molar refractivity (Wildman–Crippen MR) is 82.4 cm³/mol. The summed E-state index contributed by atoms with van der Waals surface area (Å²) >= 11 is 0. The Morgan fingerprint density at radius 1 is 1.26 bits per heavy atom. The second kappa shape index (κ2) is 5.62. The number of hydrogen-bond donors (Lipinski definition) is 1. The van der Waals surface area contributed by atoms with Gasteiger partial charge in [-0.3, -0.25) is 9.59 Å². The van der Waals surface area contributed by atoms with Crippen molar-refractivity contribution in [2.45, 2.75) is 51.6 Å². The maximum Gasteiger partial charge on any atom is 0.225 e. The molecule has 7 nitrogen and oxygen atoms in total. The van der Waals surface area contributed by atoms with Crippen LogP contribution in [-0.4, -0.2) is 50.6 Å². The molecule has 0 aromatic carbocycles. The van der Waals surface area contributed by atoms with Gasteiger partial charge in [0, 0.05) is 38.5 Å². The number of likely N-dealkylation sites (tertiary alicyclic amines) is 1. The van der Waals surface area contributed by atoms with Gasteiger partial charge in [0.25, 0.3) is 0 Å². The predicted octanol–water partition coefficient (Wildman–Crippen LogP) is 0.276. The number of carbonyl (C=O) groups excluding carboxylic acids is 2. The van der Waals surface area contributed by atoms with Crippen molar-refractivity contribution in [3.63, 3.8) is 0 Å². The van der Waals surface area contributed by atoms with Gasteiger partial charge in [-0.25, -0.2) is 0 Å². The summed E-state index contributed by atoms with van der Waals surface area (Å²) in [6.07, 6.45) is 4.54. The minimum absolute atomic E-state index is 0.0239. The fourth-order valence-corrected chi connectivity index (χ4v) is 3.64. The highest BCUT2D eigenvalue weighted by Crippen LogP contribution is 2.32. The van der Waals surface area contributed by atoms with Gasteiger partial charge >= 0.3 is 0 Å². The molecule has 3 aliphatic rings. The Hall–Kier alpha value is -1.92. The molecule has 2 fully saturated rings. The molecule has 2 aliphatic heterocycles. The average molecular weight is 317 g/mol. The van der Waals surface area contributed by atoms with Crippen molar-refractivity contribution in [3.05, 3.63) is 11.6 Å². The molecule has 0 radical (unpaired) electrons. The molecule has 2 amide bonds. The molecule has 1 N–H and O–H groups in total. The number of fused-ring (bicyclic) bond motifs is 1. The molecular formula is C16H23N5O2. The first-order chi connectivity index (χ1) is 11.1. The van der Waals surface area contributed by atoms with Crippen LogP contribution in [0, 0.1) is 18.8 Å². The maximum absolute atomic E-state index is 12.5. The number of nitrogens with zero attached hydrogens (tertiary/aromatic N) is 4. The Labute approximate surface area is 135 Å². The van der Waals surface area contributed by atoms with Gasteiger partial charge in [0.05, 0.1) is 5.92 Å². The van der Waals surface area contributed by atoms with Gasteiger partial charge in [-0.2, -0.15) is 0 Å². The van der Waals surface area contributed by atoms with E-state index >= 15 is 0 Å². The summed E-state index contributed by atoms with van der Waals surface area (Å²) in [7, 11) is 0. The lowest BCUT2D eigenvalue weighted by Gasteiger charge is -2.26. The molecule has 0 bridgehead atoms. The van der Waals surface area contributed by atoms with Crippen LogP contribution in [0.5, 0.6) is 0 Å². The fourth-order valence-electron chi connectivity index (χ4n) is 3.64. The first kappa shape index (κ1) is 14.7. The van der Waals surface area contributed by atoms with Crippen LogP contribution in [0.1, 0.15) is 37.3 Å². The normalized spacial score (nSPS) is 27.2. The summed E-state index contributed by atoms with van der Waals surface area (Å²) in [5, 5.41) is 11.4. The van der Waals surface area contributed by atoms with Crippen LogP contribution in [0.25, 0.3) is 0 Å². The van der Waals surface area contributed by atoms with E-state index in [9.17, 15) is 9.59 Å². The van der Waals surface area contributed by atoms with Crippen LogP contribution in [0.15, 0.2) is 0 Å². The summed E-state index contributed by atoms with van der Waals surface area (Å²) in [5.41, 5.74) is 0. The number of aromatic nitrogens is 3. The van der Waals surface area contributed by atoms with Gasteiger partial charge < -0.3 is 14.8 Å². The van der Waals surface area contributed by atoms with Crippen molar-refractivity contribution >= 4 is 11.8 Å². The minimum atomic E-state index is -0.190. The molecule has 1 aliphatic carbocycles. The average Bonchev–Trinajstić information content (AvgIpc) is 3.17. The highest BCUT2D eigenvalue weighted by molar-refractivity contribution is 5.89. The van der Waals surface area contributed by atoms with Crippen LogP contribution in [-0.2, 0) is 22.6 Å². The lowest BCUT2D eigenvalue weighted by atomic mass is 10.0. The zero-order chi connectivity index (χ0) is 16.0. The van der Waals surface area contributed by atoms with Gasteiger partial charge in [-0.15, -0.1) is 10.2 Å². The smallest absolute Gasteiger partial charge is 0.225 e. The van der Waals surface area contributed by atoms with Crippen LogP contribution >= 0.6 is 0 Å². The molecule has 1 saturated carbocycles. The van der Waals surface area contributed by atoms with Crippen molar-refractivity contribution in [1.29, 1.82) is 0 Å². The second-order valence-electron chi connectivity index (χ2n) is 7.16. The molecule has 23 heavy (non-hydrogen) atoms. The Bertz CT molecular complexity index is 636. The molecule has 7 heteroatoms. The number of hydrogen-bond acceptors (Lipinski definition) is 4. The summed E-state index contributed by atoms with van der Waals surface area (Å²) in [4.78, 5) is 26.4. The Balaban J connectivity index is 1.33. The Morgan fingerprint density at radius 2 is 2.09 bits per heavy atom. The molecule has 1 aromatic rings. The highest BCUT2D eigenvalue weighted by Gasteiger charge is 2.37. The van der Waals surface area contributed by atoms with E-state index in [1.165, 1.54) is 12.8 Å². The molecule has 4 rings (SSSR count). The summed E-state index contributed by atoms with van der Waals surface area (Å²) in [5.74, 6) is 2.54. The Morgan fingerprint density at radius 3 is 2.87 bits per heavy atom. The van der Waals surface area contributed by atoms with Gasteiger partial charge in [0.15, 0.2) is 0 Å². The molecule has 1 saturated heterocycles. The summed E-state index contributed by atoms with van der Waals surface area (Å²) in [6.45, 7) is 4.10. The van der Waals surface area contributed by atoms with Crippen molar-refractivity contribution in [2.75, 3.05) is 13.1 Å². The van der Waals surface area contributed by atoms with Crippen molar-refractivity contribution in [3.8, 4) is 0 Å². The van der Waals surface area contributed by atoms with E-state index in [4.69, 9.17) is 0 Å². The van der Waals surface area contributed by atoms with Crippen LogP contribution < -0.4 is 5.32 Å². The van der Waals surface area contributed by atoms with Gasteiger partial charge in [-0.05, 0) is 32.1 Å². The number of amides is 2. The topological polar surface area (TPSA) is 80.1 Å². The number of nitrogens with one attached hydrogen (secondary N) is 1. The molecular weight excluding hydrogens is 294 g/mol. The maximum atomic E-state index is 12.5. The second-order valence-corrected chi connectivity index (χ2v) is 7.16. The minimum Gasteiger partial charge on any atom is -0.351 e. The third-order valence-electron chi connectivity index (χ3n) is 5.24. The monoisotopic (exact) mass is 317 g/mol. The quantitative estimate of drug-likeness (QED) is 0.865. The molecule has 124 valence electrons. The summed E-state index contributed by atoms with van der Waals surface area (Å²) < 4.78 is 2.08. The third-order valence-corrected chi connectivity index (χ3v) is 5.24. The van der Waals surface area contributed by atoms with Crippen LogP contribution in [0.4, 0.5) is 0 Å². The first-order valence-corrected chi connectivity index (χ1v) is 8.57. The van der Waals surface area contributed by atoms with E-state index in [2.05, 4.69) is 20.1 Å². The fraction of sp³-hybridized carbons (Fsp3) is 0.750. The summed E-state index contributed by atoms with van der Waals surface area (Å²) in [6, 6.07) is 0.109. The lowest BCUT2D eigenvalue weighted by molar-refractivity contribution is -0.129. The molecule has 3 heterocycles. The number of carbonyl (C=O) groups is 2. The lowest BCUT2D eigenvalue weighted by Crippen LogP contribution is -2.44. The van der Waals surface area contributed by atoms with E-state index in [0.717, 1.165) is 37.6 Å². The van der Waals surface area contributed by atoms with E-state index in [1.54, 1.807) is 0 Å². The SMILES string of the molecule is Cc1nnc2n1C[C@H](NC(=O)[C@H]1CC(=O)N(CC3CC3)C1)CC2. The highest BCUT2D eigenvalue weighted by atomic mass is 16.2. The van der Waals surface area contributed by atoms with E-state index in [0.29, 0.717) is 18.9 Å². The zero-order valence-corrected chi connectivity index (χ0v) is 13.5. The Kier molecular flexibility index (Phi) is 3.58. The molecule has 2 atom stereocenters. The largest absolute Gasteiger partial charge is 0.351 e. The van der Waals surface area contributed by atoms with E-state index in [-0.39, 0.29) is 23.8 Å². The number of rotatable bonds is 4. The zero-order valence-electron chi connectivity index (χ0n) is 13.5. The molecule has 1 aromatic heterocycles. The van der Waals surface area contributed by atoms with Crippen molar-refractivity contribution in [1.82, 2.24) is 25.0 Å². The van der Waals surface area contributed by atoms with Crippen LogP contribution in [0.3, 0.4) is 0 Å². The van der Waals surface area contributed by atoms with Gasteiger partial charge in [-0.1, -0.05) is 0 Å². The molecule has 0 unspecified atom stereocenters. The van der Waals surface area contributed by atoms with E-state index in [1.807, 2.05) is 11.8 Å². The van der Waals surface area contributed by atoms with Crippen molar-refractivity contribution < 1.29 is 9.59 Å². The third kappa shape index (κ3) is 2.96. The van der Waals surface area contributed by atoms with E-state index < -0.39 is 0 Å². The van der Waals surface area contributed by atoms with Crippen molar-refractivity contribution in [2.24, 2.45) is 11.8 Å². The van der Waals surface area contributed by atoms with Gasteiger partial charge in [0.1, 0.15) is 11.6 Å². The van der Waals surface area contributed by atoms with Crippen LogP contribution in [0.2, 0.25) is 0 Å². The standard InChI is InChI=1S/C16H23N5O2/c1-10-18-19-14-5-4-13(9-21(10)14)17-16(23)12-6-15(22)20(8-12)7-11-2-3-11/h11-13H,2-9H2,1H3,(H,17,23)/t12-,13+/m0/s1. The van der Waals surface area contributed by atoms with Gasteiger partial charge in [0.2, 0.25) is 11.8 Å². The molecule has 0 spiro atoms. The number of aryl methyl sites for hydroxylation is 2. The first-order valence-electron chi connectivity index (χ1n) is 8.57.